The maximum atomic E-state index is 5.93. The fourth-order valence-corrected chi connectivity index (χ4v) is 3.00. The number of rotatable bonds is 6. The summed E-state index contributed by atoms with van der Waals surface area (Å²) in [6.07, 6.45) is 1.75. The monoisotopic (exact) mass is 355 g/mol. The summed E-state index contributed by atoms with van der Waals surface area (Å²) < 4.78 is 5.46. The van der Waals surface area contributed by atoms with Crippen molar-refractivity contribution >= 4 is 23.1 Å². The van der Waals surface area contributed by atoms with Crippen LogP contribution in [0.4, 0.5) is 0 Å². The Hall–Kier alpha value is -2.27. The van der Waals surface area contributed by atoms with Crippen molar-refractivity contribution in [1.29, 1.82) is 0 Å². The number of hydrogen-bond acceptors (Lipinski definition) is 4. The van der Waals surface area contributed by atoms with Gasteiger partial charge in [0.05, 0.1) is 13.3 Å². The maximum Gasteiger partial charge on any atom is 0.180 e. The first kappa shape index (κ1) is 19.1. The van der Waals surface area contributed by atoms with E-state index in [1.807, 2.05) is 31.2 Å². The van der Waals surface area contributed by atoms with Gasteiger partial charge in [0.1, 0.15) is 5.75 Å². The highest BCUT2D eigenvalue weighted by Gasteiger charge is 2.10. The molecular weight excluding hydrogens is 330 g/mol. The number of thioether (sulfide) groups is 1. The summed E-state index contributed by atoms with van der Waals surface area (Å²) in [5, 5.41) is 8.69. The van der Waals surface area contributed by atoms with Gasteiger partial charge < -0.3 is 10.5 Å². The molecule has 0 aromatic heterocycles. The van der Waals surface area contributed by atoms with Crippen LogP contribution in [-0.2, 0) is 5.75 Å². The minimum absolute atomic E-state index is 0.373. The van der Waals surface area contributed by atoms with Gasteiger partial charge in [0, 0.05) is 5.75 Å². The van der Waals surface area contributed by atoms with Crippen molar-refractivity contribution in [3.05, 3.63) is 64.7 Å². The Kier molecular flexibility index (Phi) is 7.07. The zero-order valence-electron chi connectivity index (χ0n) is 15.2. The SMILES string of the molecule is COc1cc(C)c(C=NN=C(N)SCc2ccccc2)cc1C(C)C. The van der Waals surface area contributed by atoms with Crippen molar-refractivity contribution in [1.82, 2.24) is 0 Å². The van der Waals surface area contributed by atoms with Gasteiger partial charge in [0.2, 0.25) is 0 Å². The molecule has 0 aliphatic heterocycles. The van der Waals surface area contributed by atoms with E-state index in [1.165, 1.54) is 17.3 Å². The van der Waals surface area contributed by atoms with E-state index < -0.39 is 0 Å². The van der Waals surface area contributed by atoms with Crippen LogP contribution in [0, 0.1) is 6.92 Å². The lowest BCUT2D eigenvalue weighted by atomic mass is 9.97. The maximum absolute atomic E-state index is 5.93. The highest BCUT2D eigenvalue weighted by atomic mass is 32.2. The van der Waals surface area contributed by atoms with Gasteiger partial charge in [-0.15, -0.1) is 5.10 Å². The summed E-state index contributed by atoms with van der Waals surface area (Å²) >= 11 is 1.48. The van der Waals surface area contributed by atoms with Gasteiger partial charge in [-0.25, -0.2) is 0 Å². The molecule has 0 fully saturated rings. The lowest BCUT2D eigenvalue weighted by molar-refractivity contribution is 0.407. The second-order valence-corrected chi connectivity index (χ2v) is 7.06. The lowest BCUT2D eigenvalue weighted by Crippen LogP contribution is -2.06. The summed E-state index contributed by atoms with van der Waals surface area (Å²) in [7, 11) is 1.70. The smallest absolute Gasteiger partial charge is 0.180 e. The average molecular weight is 356 g/mol. The zero-order valence-corrected chi connectivity index (χ0v) is 16.0. The van der Waals surface area contributed by atoms with E-state index >= 15 is 0 Å². The van der Waals surface area contributed by atoms with Gasteiger partial charge in [-0.2, -0.15) is 5.10 Å². The Morgan fingerprint density at radius 1 is 1.24 bits per heavy atom. The first-order valence-corrected chi connectivity index (χ1v) is 9.21. The lowest BCUT2D eigenvalue weighted by Gasteiger charge is -2.14. The van der Waals surface area contributed by atoms with Crippen LogP contribution in [0.15, 0.2) is 52.7 Å². The van der Waals surface area contributed by atoms with Crippen LogP contribution in [0.5, 0.6) is 5.75 Å². The molecule has 2 aromatic carbocycles. The number of nitrogens with zero attached hydrogens (tertiary/aromatic N) is 2. The molecule has 0 saturated heterocycles. The third-order valence-electron chi connectivity index (χ3n) is 3.82. The van der Waals surface area contributed by atoms with E-state index in [0.29, 0.717) is 11.1 Å². The average Bonchev–Trinajstić information content (AvgIpc) is 2.61. The second kappa shape index (κ2) is 9.28. The van der Waals surface area contributed by atoms with Gasteiger partial charge in [-0.3, -0.25) is 0 Å². The number of methoxy groups -OCH3 is 1. The summed E-state index contributed by atoms with van der Waals surface area (Å²) in [5.41, 5.74) is 10.4. The molecule has 2 N–H and O–H groups in total. The Bertz CT molecular complexity index is 755. The van der Waals surface area contributed by atoms with Gasteiger partial charge in [0.15, 0.2) is 5.17 Å². The van der Waals surface area contributed by atoms with Crippen molar-refractivity contribution in [3.8, 4) is 5.75 Å². The summed E-state index contributed by atoms with van der Waals surface area (Å²) in [4.78, 5) is 0. The molecular formula is C20H25N3OS. The van der Waals surface area contributed by atoms with Gasteiger partial charge in [-0.1, -0.05) is 55.9 Å². The third kappa shape index (κ3) is 5.64. The molecule has 0 saturated carbocycles. The first-order valence-electron chi connectivity index (χ1n) is 8.23. The highest BCUT2D eigenvalue weighted by Crippen LogP contribution is 2.29. The summed E-state index contributed by atoms with van der Waals surface area (Å²) in [6, 6.07) is 14.3. The molecule has 0 atom stereocenters. The Morgan fingerprint density at radius 2 is 1.96 bits per heavy atom. The normalized spacial score (nSPS) is 12.1. The second-order valence-electron chi connectivity index (χ2n) is 6.06. The molecule has 0 bridgehead atoms. The standard InChI is InChI=1S/C20H25N3OS/c1-14(2)18-11-17(15(3)10-19(18)24-4)12-22-23-20(21)25-13-16-8-6-5-7-9-16/h5-12,14H,13H2,1-4H3,(H2,21,23). The quantitative estimate of drug-likeness (QED) is 0.464. The van der Waals surface area contributed by atoms with Crippen LogP contribution in [0.25, 0.3) is 0 Å². The van der Waals surface area contributed by atoms with Crippen molar-refractivity contribution in [2.75, 3.05) is 7.11 Å². The van der Waals surface area contributed by atoms with E-state index in [1.54, 1.807) is 13.3 Å². The molecule has 0 aliphatic rings. The number of hydrogen-bond donors (Lipinski definition) is 1. The van der Waals surface area contributed by atoms with E-state index in [-0.39, 0.29) is 0 Å². The van der Waals surface area contributed by atoms with Crippen LogP contribution in [0.2, 0.25) is 0 Å². The van der Waals surface area contributed by atoms with Crippen LogP contribution in [0.1, 0.15) is 42.0 Å². The van der Waals surface area contributed by atoms with Crippen molar-refractivity contribution in [2.24, 2.45) is 15.9 Å². The van der Waals surface area contributed by atoms with E-state index in [0.717, 1.165) is 28.2 Å². The van der Waals surface area contributed by atoms with Crippen LogP contribution in [-0.4, -0.2) is 18.5 Å². The van der Waals surface area contributed by atoms with Crippen LogP contribution >= 0.6 is 11.8 Å². The Morgan fingerprint density at radius 3 is 2.60 bits per heavy atom. The fourth-order valence-electron chi connectivity index (χ4n) is 2.39. The third-order valence-corrected chi connectivity index (χ3v) is 4.68. The van der Waals surface area contributed by atoms with E-state index in [2.05, 4.69) is 42.2 Å². The number of ether oxygens (including phenoxy) is 1. The fraction of sp³-hybridized carbons (Fsp3) is 0.300. The molecule has 0 unspecified atom stereocenters. The topological polar surface area (TPSA) is 60.0 Å². The predicted molar refractivity (Wildman–Crippen MR) is 109 cm³/mol. The molecule has 0 amide bonds. The molecule has 5 heteroatoms. The number of aryl methyl sites for hydroxylation is 1. The largest absolute Gasteiger partial charge is 0.496 e. The zero-order chi connectivity index (χ0) is 18.2. The molecule has 132 valence electrons. The molecule has 0 heterocycles. The first-order chi connectivity index (χ1) is 12.0. The van der Waals surface area contributed by atoms with Crippen molar-refractivity contribution in [3.63, 3.8) is 0 Å². The molecule has 0 radical (unpaired) electrons. The number of amidine groups is 1. The van der Waals surface area contributed by atoms with Crippen molar-refractivity contribution < 1.29 is 4.74 Å². The minimum atomic E-state index is 0.373. The number of nitrogens with two attached hydrogens (primary N) is 1. The molecule has 4 nitrogen and oxygen atoms in total. The van der Waals surface area contributed by atoms with Crippen LogP contribution < -0.4 is 10.5 Å². The van der Waals surface area contributed by atoms with Crippen molar-refractivity contribution in [2.45, 2.75) is 32.4 Å². The highest BCUT2D eigenvalue weighted by molar-refractivity contribution is 8.13. The summed E-state index contributed by atoms with van der Waals surface area (Å²) in [5.74, 6) is 2.06. The van der Waals surface area contributed by atoms with Gasteiger partial charge in [0.25, 0.3) is 0 Å². The van der Waals surface area contributed by atoms with Gasteiger partial charge in [-0.05, 0) is 47.2 Å². The van der Waals surface area contributed by atoms with Crippen LogP contribution in [0.3, 0.4) is 0 Å². The molecule has 0 spiro atoms. The van der Waals surface area contributed by atoms with Gasteiger partial charge >= 0.3 is 0 Å². The molecule has 0 aliphatic carbocycles. The Balaban J connectivity index is 2.06. The molecule has 25 heavy (non-hydrogen) atoms. The Labute approximate surface area is 154 Å². The minimum Gasteiger partial charge on any atom is -0.496 e. The summed E-state index contributed by atoms with van der Waals surface area (Å²) in [6.45, 7) is 6.32. The molecule has 2 rings (SSSR count). The van der Waals surface area contributed by atoms with E-state index in [9.17, 15) is 0 Å². The predicted octanol–water partition coefficient (Wildman–Crippen LogP) is 4.71. The van der Waals surface area contributed by atoms with E-state index in [4.69, 9.17) is 10.5 Å². The molecule has 2 aromatic rings. The number of benzene rings is 2.